The van der Waals surface area contributed by atoms with E-state index in [1.807, 2.05) is 0 Å². The number of carbonyl (C=O) groups excluding carboxylic acids is 2. The third-order valence-corrected chi connectivity index (χ3v) is 3.85. The standard InChI is InChI=1S/C20H15F3N4O4/c21-20(22,23)12-3-7-14(8-4-12)31-13-5-1-11(2-6-13)19-26-15(18(25)29)9-17(27-19)30-10-16(24)28/h1-9H,10H2,(H2,24,28)(H2,25,29). The summed E-state index contributed by atoms with van der Waals surface area (Å²) in [5.41, 5.74) is 9.85. The first-order valence-corrected chi connectivity index (χ1v) is 8.67. The van der Waals surface area contributed by atoms with E-state index in [1.165, 1.54) is 30.3 Å². The maximum Gasteiger partial charge on any atom is 0.416 e. The molecule has 2 aromatic carbocycles. The van der Waals surface area contributed by atoms with E-state index >= 15 is 0 Å². The van der Waals surface area contributed by atoms with Gasteiger partial charge in [0.05, 0.1) is 5.56 Å². The van der Waals surface area contributed by atoms with Gasteiger partial charge in [0.2, 0.25) is 5.88 Å². The second kappa shape index (κ2) is 8.69. The predicted octanol–water partition coefficient (Wildman–Crippen LogP) is 2.92. The van der Waals surface area contributed by atoms with E-state index < -0.39 is 30.2 Å². The van der Waals surface area contributed by atoms with Crippen LogP contribution < -0.4 is 20.9 Å². The van der Waals surface area contributed by atoms with Crippen molar-refractivity contribution < 1.29 is 32.2 Å². The molecule has 0 saturated carbocycles. The van der Waals surface area contributed by atoms with Crippen LogP contribution >= 0.6 is 0 Å². The van der Waals surface area contributed by atoms with Gasteiger partial charge in [-0.2, -0.15) is 18.2 Å². The zero-order chi connectivity index (χ0) is 22.6. The van der Waals surface area contributed by atoms with Gasteiger partial charge in [0.15, 0.2) is 12.4 Å². The summed E-state index contributed by atoms with van der Waals surface area (Å²) in [6.45, 7) is -0.450. The molecule has 0 bridgehead atoms. The summed E-state index contributed by atoms with van der Waals surface area (Å²) in [5, 5.41) is 0. The van der Waals surface area contributed by atoms with Crippen LogP contribution in [-0.2, 0) is 11.0 Å². The molecule has 1 aromatic heterocycles. The fourth-order valence-corrected chi connectivity index (χ4v) is 2.42. The van der Waals surface area contributed by atoms with Gasteiger partial charge in [-0.25, -0.2) is 4.98 Å². The largest absolute Gasteiger partial charge is 0.467 e. The number of benzene rings is 2. The molecule has 0 spiro atoms. The van der Waals surface area contributed by atoms with Crippen molar-refractivity contribution in [2.45, 2.75) is 6.18 Å². The van der Waals surface area contributed by atoms with E-state index in [1.54, 1.807) is 12.1 Å². The smallest absolute Gasteiger partial charge is 0.416 e. The number of nitrogens with zero attached hydrogens (tertiary/aromatic N) is 2. The van der Waals surface area contributed by atoms with Crippen LogP contribution in [0.3, 0.4) is 0 Å². The number of rotatable bonds is 7. The Morgan fingerprint density at radius 3 is 2.00 bits per heavy atom. The molecule has 0 unspecified atom stereocenters. The summed E-state index contributed by atoms with van der Waals surface area (Å²) in [6, 6.07) is 11.6. The number of carbonyl (C=O) groups is 2. The SMILES string of the molecule is NC(=O)COc1cc(C(N)=O)nc(-c2ccc(Oc3ccc(C(F)(F)F)cc3)cc2)n1. The second-order valence-corrected chi connectivity index (χ2v) is 6.18. The van der Waals surface area contributed by atoms with Crippen molar-refractivity contribution in [3.63, 3.8) is 0 Å². The van der Waals surface area contributed by atoms with Crippen LogP contribution in [0.25, 0.3) is 11.4 Å². The predicted molar refractivity (Wildman–Crippen MR) is 102 cm³/mol. The molecule has 0 aliphatic carbocycles. The van der Waals surface area contributed by atoms with Gasteiger partial charge >= 0.3 is 6.18 Å². The second-order valence-electron chi connectivity index (χ2n) is 6.18. The summed E-state index contributed by atoms with van der Waals surface area (Å²) in [4.78, 5) is 30.6. The van der Waals surface area contributed by atoms with Gasteiger partial charge in [-0.05, 0) is 48.5 Å². The quantitative estimate of drug-likeness (QED) is 0.590. The lowest BCUT2D eigenvalue weighted by atomic mass is 10.2. The van der Waals surface area contributed by atoms with E-state index in [2.05, 4.69) is 9.97 Å². The highest BCUT2D eigenvalue weighted by molar-refractivity contribution is 5.91. The van der Waals surface area contributed by atoms with E-state index in [9.17, 15) is 22.8 Å². The van der Waals surface area contributed by atoms with E-state index in [0.717, 1.165) is 12.1 Å². The molecule has 160 valence electrons. The maximum atomic E-state index is 12.6. The minimum Gasteiger partial charge on any atom is -0.467 e. The zero-order valence-corrected chi connectivity index (χ0v) is 15.7. The third kappa shape index (κ3) is 5.69. The summed E-state index contributed by atoms with van der Waals surface area (Å²) >= 11 is 0. The topological polar surface area (TPSA) is 130 Å². The number of nitrogens with two attached hydrogens (primary N) is 2. The molecule has 0 radical (unpaired) electrons. The molecule has 0 atom stereocenters. The fourth-order valence-electron chi connectivity index (χ4n) is 2.42. The molecule has 0 fully saturated rings. The number of hydrogen-bond acceptors (Lipinski definition) is 6. The molecule has 3 rings (SSSR count). The van der Waals surface area contributed by atoms with Gasteiger partial charge in [0.25, 0.3) is 11.8 Å². The number of primary amides is 2. The molecule has 8 nitrogen and oxygen atoms in total. The van der Waals surface area contributed by atoms with Crippen molar-refractivity contribution >= 4 is 11.8 Å². The molecule has 3 aromatic rings. The van der Waals surface area contributed by atoms with Crippen LogP contribution in [0.5, 0.6) is 17.4 Å². The molecule has 11 heteroatoms. The van der Waals surface area contributed by atoms with Crippen LogP contribution in [0, 0.1) is 0 Å². The fraction of sp³-hybridized carbons (Fsp3) is 0.100. The van der Waals surface area contributed by atoms with E-state index in [0.29, 0.717) is 11.3 Å². The highest BCUT2D eigenvalue weighted by Crippen LogP contribution is 2.31. The minimum atomic E-state index is -4.43. The Kier molecular flexibility index (Phi) is 6.05. The highest BCUT2D eigenvalue weighted by Gasteiger charge is 2.30. The first-order chi connectivity index (χ1) is 14.6. The monoisotopic (exact) mass is 432 g/mol. The molecule has 4 N–H and O–H groups in total. The van der Waals surface area contributed by atoms with Crippen molar-refractivity contribution in [3.8, 4) is 28.8 Å². The van der Waals surface area contributed by atoms with Gasteiger partial charge in [0.1, 0.15) is 17.2 Å². The Morgan fingerprint density at radius 1 is 0.903 bits per heavy atom. The maximum absolute atomic E-state index is 12.6. The number of halogens is 3. The van der Waals surface area contributed by atoms with Crippen molar-refractivity contribution in [1.82, 2.24) is 9.97 Å². The highest BCUT2D eigenvalue weighted by atomic mass is 19.4. The molecular weight excluding hydrogens is 417 g/mol. The molecule has 0 aliphatic heterocycles. The molecule has 0 saturated heterocycles. The summed E-state index contributed by atoms with van der Waals surface area (Å²) in [5.74, 6) is -0.963. The van der Waals surface area contributed by atoms with Crippen LogP contribution in [0.1, 0.15) is 16.1 Å². The minimum absolute atomic E-state index is 0.0670. The number of amides is 2. The van der Waals surface area contributed by atoms with Gasteiger partial charge in [-0.15, -0.1) is 0 Å². The van der Waals surface area contributed by atoms with Crippen molar-refractivity contribution in [2.75, 3.05) is 6.61 Å². The zero-order valence-electron chi connectivity index (χ0n) is 15.7. The molecular formula is C20H15F3N4O4. The lowest BCUT2D eigenvalue weighted by Crippen LogP contribution is -2.21. The molecule has 2 amide bonds. The first-order valence-electron chi connectivity index (χ1n) is 8.67. The van der Waals surface area contributed by atoms with E-state index in [4.69, 9.17) is 20.9 Å². The number of alkyl halides is 3. The Labute approximate surface area is 173 Å². The normalized spacial score (nSPS) is 11.1. The summed E-state index contributed by atoms with van der Waals surface area (Å²) in [6.07, 6.45) is -4.43. The molecule has 31 heavy (non-hydrogen) atoms. The molecule has 0 aliphatic rings. The third-order valence-electron chi connectivity index (χ3n) is 3.85. The number of aromatic nitrogens is 2. The van der Waals surface area contributed by atoms with Crippen molar-refractivity contribution in [2.24, 2.45) is 11.5 Å². The van der Waals surface area contributed by atoms with Crippen molar-refractivity contribution in [1.29, 1.82) is 0 Å². The average Bonchev–Trinajstić information content (AvgIpc) is 2.72. The van der Waals surface area contributed by atoms with Gasteiger partial charge in [-0.3, -0.25) is 9.59 Å². The Hall–Kier alpha value is -4.15. The van der Waals surface area contributed by atoms with Gasteiger partial charge in [-0.1, -0.05) is 0 Å². The first kappa shape index (κ1) is 21.6. The lowest BCUT2D eigenvalue weighted by molar-refractivity contribution is -0.137. The van der Waals surface area contributed by atoms with Crippen LogP contribution in [0.4, 0.5) is 13.2 Å². The summed E-state index contributed by atoms with van der Waals surface area (Å²) in [7, 11) is 0. The van der Waals surface area contributed by atoms with Crippen LogP contribution in [-0.4, -0.2) is 28.4 Å². The van der Waals surface area contributed by atoms with Gasteiger partial charge < -0.3 is 20.9 Å². The lowest BCUT2D eigenvalue weighted by Gasteiger charge is -2.10. The number of ether oxygens (including phenoxy) is 2. The Morgan fingerprint density at radius 2 is 1.48 bits per heavy atom. The van der Waals surface area contributed by atoms with Crippen molar-refractivity contribution in [3.05, 3.63) is 65.9 Å². The van der Waals surface area contributed by atoms with Gasteiger partial charge in [0, 0.05) is 11.6 Å². The number of hydrogen-bond donors (Lipinski definition) is 2. The summed E-state index contributed by atoms with van der Waals surface area (Å²) < 4.78 is 48.5. The Balaban J connectivity index is 1.80. The van der Waals surface area contributed by atoms with Crippen LogP contribution in [0.15, 0.2) is 54.6 Å². The molecule has 1 heterocycles. The average molecular weight is 432 g/mol. The Bertz CT molecular complexity index is 1100. The van der Waals surface area contributed by atoms with E-state index in [-0.39, 0.29) is 23.1 Å². The van der Waals surface area contributed by atoms with Crippen LogP contribution in [0.2, 0.25) is 0 Å².